The van der Waals surface area contributed by atoms with E-state index in [0.29, 0.717) is 45.2 Å². The van der Waals surface area contributed by atoms with Crippen molar-refractivity contribution in [1.82, 2.24) is 14.9 Å². The molecule has 1 aliphatic heterocycles. The van der Waals surface area contributed by atoms with E-state index in [-0.39, 0.29) is 5.75 Å². The molecule has 0 radical (unpaired) electrons. The van der Waals surface area contributed by atoms with E-state index in [1.54, 1.807) is 11.4 Å². The van der Waals surface area contributed by atoms with Crippen molar-refractivity contribution in [1.29, 1.82) is 0 Å². The van der Waals surface area contributed by atoms with Crippen LogP contribution in [0.4, 0.5) is 0 Å². The molecule has 0 bridgehead atoms. The van der Waals surface area contributed by atoms with Crippen molar-refractivity contribution in [2.75, 3.05) is 52.2 Å². The number of methoxy groups -OCH3 is 1. The minimum Gasteiger partial charge on any atom is -0.493 e. The summed E-state index contributed by atoms with van der Waals surface area (Å²) in [5, 5.41) is 6.42. The van der Waals surface area contributed by atoms with Gasteiger partial charge in [-0.05, 0) is 50.8 Å². The highest BCUT2D eigenvalue weighted by Crippen LogP contribution is 2.28. The first-order valence-electron chi connectivity index (χ1n) is 10.3. The van der Waals surface area contributed by atoms with E-state index in [1.165, 1.54) is 5.56 Å². The van der Waals surface area contributed by atoms with Crippen LogP contribution in [-0.2, 0) is 16.4 Å². The maximum atomic E-state index is 11.8. The number of benzene rings is 1. The smallest absolute Gasteiger partial charge is 0.214 e. The van der Waals surface area contributed by atoms with Gasteiger partial charge in [-0.1, -0.05) is 6.07 Å². The van der Waals surface area contributed by atoms with E-state index in [9.17, 15) is 8.42 Å². The summed E-state index contributed by atoms with van der Waals surface area (Å²) in [6, 6.07) is 6.00. The van der Waals surface area contributed by atoms with E-state index in [0.717, 1.165) is 30.9 Å². The average molecular weight is 427 g/mol. The number of hydrogen-bond acceptors (Lipinski definition) is 5. The fourth-order valence-electron chi connectivity index (χ4n) is 3.20. The highest BCUT2D eigenvalue weighted by Gasteiger charge is 2.27. The lowest BCUT2D eigenvalue weighted by atomic mass is 10.1. The number of hydrogen-bond donors (Lipinski definition) is 2. The Balaban J connectivity index is 1.80. The normalized spacial score (nSPS) is 16.6. The molecule has 0 aliphatic carbocycles. The van der Waals surface area contributed by atoms with Gasteiger partial charge in [-0.15, -0.1) is 0 Å². The Bertz CT molecular complexity index is 768. The molecule has 1 aliphatic rings. The summed E-state index contributed by atoms with van der Waals surface area (Å²) in [6.07, 6.45) is 2.50. The van der Waals surface area contributed by atoms with Crippen LogP contribution in [-0.4, -0.2) is 70.9 Å². The number of nitrogens with zero attached hydrogens (tertiary/aromatic N) is 2. The Hall–Kier alpha value is -2.00. The third kappa shape index (κ3) is 7.40. The fraction of sp³-hybridized carbons (Fsp3) is 0.650. The van der Waals surface area contributed by atoms with Gasteiger partial charge >= 0.3 is 0 Å². The summed E-state index contributed by atoms with van der Waals surface area (Å²) in [7, 11) is -1.41. The molecule has 2 N–H and O–H groups in total. The van der Waals surface area contributed by atoms with Crippen molar-refractivity contribution < 1.29 is 17.9 Å². The molecule has 0 spiro atoms. The summed E-state index contributed by atoms with van der Waals surface area (Å²) < 4.78 is 36.2. The molecule has 0 atom stereocenters. The van der Waals surface area contributed by atoms with E-state index in [1.807, 2.05) is 32.0 Å². The molecule has 0 saturated carbocycles. The van der Waals surface area contributed by atoms with E-state index in [2.05, 4.69) is 15.6 Å². The summed E-state index contributed by atoms with van der Waals surface area (Å²) in [6.45, 7) is 7.62. The van der Waals surface area contributed by atoms with E-state index < -0.39 is 10.0 Å². The second-order valence-corrected chi connectivity index (χ2v) is 8.87. The summed E-state index contributed by atoms with van der Waals surface area (Å²) in [4.78, 5) is 4.59. The van der Waals surface area contributed by atoms with Gasteiger partial charge < -0.3 is 20.1 Å². The summed E-state index contributed by atoms with van der Waals surface area (Å²) >= 11 is 0. The largest absolute Gasteiger partial charge is 0.493 e. The molecule has 8 nitrogen and oxygen atoms in total. The van der Waals surface area contributed by atoms with E-state index >= 15 is 0 Å². The molecule has 1 aromatic carbocycles. The minimum absolute atomic E-state index is 0.261. The predicted molar refractivity (Wildman–Crippen MR) is 116 cm³/mol. The third-order valence-electron chi connectivity index (χ3n) is 4.62. The minimum atomic E-state index is -3.05. The molecule has 29 heavy (non-hydrogen) atoms. The highest BCUT2D eigenvalue weighted by atomic mass is 32.2. The monoisotopic (exact) mass is 426 g/mol. The second-order valence-electron chi connectivity index (χ2n) is 6.78. The Morgan fingerprint density at radius 2 is 2.07 bits per heavy atom. The number of guanidine groups is 1. The molecule has 0 amide bonds. The summed E-state index contributed by atoms with van der Waals surface area (Å²) in [5.41, 5.74) is 1.18. The Morgan fingerprint density at radius 3 is 2.72 bits per heavy atom. The van der Waals surface area contributed by atoms with Crippen LogP contribution in [0.1, 0.15) is 32.3 Å². The van der Waals surface area contributed by atoms with Crippen LogP contribution in [0.3, 0.4) is 0 Å². The first-order valence-corrected chi connectivity index (χ1v) is 11.9. The standard InChI is InChI=1S/C20H34N4O4S/c1-4-21-20(23-12-14-24-13-7-15-29(24,25)26)22-11-6-8-17-9-10-18(27-3)19(16-17)28-5-2/h9-10,16H,4-8,11-15H2,1-3H3,(H2,21,22,23). The number of nitrogens with one attached hydrogen (secondary N) is 2. The maximum Gasteiger partial charge on any atom is 0.214 e. The van der Waals surface area contributed by atoms with Crippen LogP contribution in [0.5, 0.6) is 11.5 Å². The van der Waals surface area contributed by atoms with Gasteiger partial charge in [-0.2, -0.15) is 0 Å². The number of ether oxygens (including phenoxy) is 2. The number of sulfonamides is 1. The van der Waals surface area contributed by atoms with E-state index in [4.69, 9.17) is 9.47 Å². The van der Waals surface area contributed by atoms with Crippen LogP contribution in [0, 0.1) is 0 Å². The van der Waals surface area contributed by atoms with Crippen molar-refractivity contribution in [3.8, 4) is 11.5 Å². The van der Waals surface area contributed by atoms with Crippen molar-refractivity contribution in [2.45, 2.75) is 33.1 Å². The van der Waals surface area contributed by atoms with Crippen molar-refractivity contribution in [3.63, 3.8) is 0 Å². The predicted octanol–water partition coefficient (Wildman–Crippen LogP) is 1.62. The van der Waals surface area contributed by atoms with Gasteiger partial charge in [0.25, 0.3) is 0 Å². The molecule has 1 aromatic rings. The van der Waals surface area contributed by atoms with Crippen LogP contribution < -0.4 is 20.1 Å². The molecule has 0 aromatic heterocycles. The van der Waals surface area contributed by atoms with Gasteiger partial charge in [0.05, 0.1) is 19.5 Å². The SMILES string of the molecule is CCNC(=NCCCc1ccc(OC)c(OCC)c1)NCCN1CCCS1(=O)=O. The molecule has 1 saturated heterocycles. The lowest BCUT2D eigenvalue weighted by Crippen LogP contribution is -2.42. The molecular formula is C20H34N4O4S. The van der Waals surface area contributed by atoms with Crippen molar-refractivity contribution in [2.24, 2.45) is 4.99 Å². The Morgan fingerprint density at radius 1 is 1.24 bits per heavy atom. The molecular weight excluding hydrogens is 392 g/mol. The van der Waals surface area contributed by atoms with Crippen LogP contribution in [0.2, 0.25) is 0 Å². The van der Waals surface area contributed by atoms with Gasteiger partial charge in [0.1, 0.15) is 0 Å². The maximum absolute atomic E-state index is 11.8. The van der Waals surface area contributed by atoms with Crippen LogP contribution >= 0.6 is 0 Å². The molecule has 0 unspecified atom stereocenters. The third-order valence-corrected chi connectivity index (χ3v) is 6.58. The Labute approximate surface area is 174 Å². The lowest BCUT2D eigenvalue weighted by molar-refractivity contribution is 0.310. The average Bonchev–Trinajstić information content (AvgIpc) is 3.04. The highest BCUT2D eigenvalue weighted by molar-refractivity contribution is 7.89. The summed E-state index contributed by atoms with van der Waals surface area (Å²) in [5.74, 6) is 2.49. The molecule has 1 fully saturated rings. The quantitative estimate of drug-likeness (QED) is 0.317. The van der Waals surface area contributed by atoms with Crippen molar-refractivity contribution >= 4 is 16.0 Å². The number of rotatable bonds is 11. The molecule has 164 valence electrons. The van der Waals surface area contributed by atoms with Gasteiger partial charge in [0.15, 0.2) is 17.5 Å². The number of aryl methyl sites for hydroxylation is 1. The molecule has 2 rings (SSSR count). The fourth-order valence-corrected chi connectivity index (χ4v) is 4.73. The lowest BCUT2D eigenvalue weighted by Gasteiger charge is -2.16. The Kier molecular flexibility index (Phi) is 9.53. The second kappa shape index (κ2) is 11.9. The van der Waals surface area contributed by atoms with Crippen molar-refractivity contribution in [3.05, 3.63) is 23.8 Å². The van der Waals surface area contributed by atoms with Gasteiger partial charge in [-0.3, -0.25) is 4.99 Å². The molecule has 9 heteroatoms. The topological polar surface area (TPSA) is 92.3 Å². The zero-order chi connectivity index (χ0) is 21.1. The van der Waals surface area contributed by atoms with Gasteiger partial charge in [0.2, 0.25) is 10.0 Å². The zero-order valence-electron chi connectivity index (χ0n) is 17.7. The first kappa shape index (κ1) is 23.3. The van der Waals surface area contributed by atoms with Gasteiger partial charge in [-0.25, -0.2) is 12.7 Å². The van der Waals surface area contributed by atoms with Crippen LogP contribution in [0.25, 0.3) is 0 Å². The van der Waals surface area contributed by atoms with Gasteiger partial charge in [0, 0.05) is 32.7 Å². The number of aliphatic imine (C=N–C) groups is 1. The zero-order valence-corrected chi connectivity index (χ0v) is 18.6. The first-order chi connectivity index (χ1) is 14.0. The molecule has 1 heterocycles. The van der Waals surface area contributed by atoms with Crippen LogP contribution in [0.15, 0.2) is 23.2 Å².